The summed E-state index contributed by atoms with van der Waals surface area (Å²) >= 11 is 0. The maximum atomic E-state index is 11.0. The van der Waals surface area contributed by atoms with Gasteiger partial charge in [0.15, 0.2) is 0 Å². The molecule has 0 aromatic carbocycles. The van der Waals surface area contributed by atoms with E-state index in [1.165, 1.54) is 0 Å². The average molecular weight is 206 g/mol. The third kappa shape index (κ3) is 7.99. The minimum atomic E-state index is -3.40. The molecular weight excluding hydrogens is 188 g/mol. The standard InChI is InChI=1S/C9H18O3S/c1-3-5-6-7-8-9-13(10,11)12-4-2/h8-9H,3-7H2,1-2H3/b9-8+. The van der Waals surface area contributed by atoms with Gasteiger partial charge in [-0.25, -0.2) is 0 Å². The molecule has 0 aromatic rings. The van der Waals surface area contributed by atoms with Crippen LogP contribution in [-0.2, 0) is 14.3 Å². The molecule has 0 aliphatic heterocycles. The highest BCUT2D eigenvalue weighted by molar-refractivity contribution is 7.89. The zero-order valence-electron chi connectivity index (χ0n) is 8.32. The molecule has 0 unspecified atom stereocenters. The summed E-state index contributed by atoms with van der Waals surface area (Å²) < 4.78 is 26.4. The molecule has 0 heterocycles. The van der Waals surface area contributed by atoms with Crippen molar-refractivity contribution in [3.8, 4) is 0 Å². The fourth-order valence-corrected chi connectivity index (χ4v) is 1.68. The summed E-state index contributed by atoms with van der Waals surface area (Å²) in [5.41, 5.74) is 0. The molecule has 0 aromatic heterocycles. The highest BCUT2D eigenvalue weighted by atomic mass is 32.2. The Labute approximate surface area is 80.9 Å². The molecule has 0 radical (unpaired) electrons. The quantitative estimate of drug-likeness (QED) is 0.474. The zero-order chi connectivity index (χ0) is 10.2. The van der Waals surface area contributed by atoms with Gasteiger partial charge >= 0.3 is 0 Å². The van der Waals surface area contributed by atoms with Crippen molar-refractivity contribution in [1.82, 2.24) is 0 Å². The van der Waals surface area contributed by atoms with E-state index in [1.54, 1.807) is 13.0 Å². The lowest BCUT2D eigenvalue weighted by Crippen LogP contribution is -2.00. The number of hydrogen-bond acceptors (Lipinski definition) is 3. The van der Waals surface area contributed by atoms with Gasteiger partial charge in [-0.3, -0.25) is 4.18 Å². The normalized spacial score (nSPS) is 12.5. The first-order valence-electron chi connectivity index (χ1n) is 4.68. The minimum absolute atomic E-state index is 0.196. The first kappa shape index (κ1) is 12.7. The third-order valence-corrected chi connectivity index (χ3v) is 2.61. The maximum Gasteiger partial charge on any atom is 0.289 e. The van der Waals surface area contributed by atoms with Crippen LogP contribution in [0, 0.1) is 0 Å². The van der Waals surface area contributed by atoms with Crippen molar-refractivity contribution >= 4 is 10.1 Å². The molecule has 0 spiro atoms. The predicted molar refractivity (Wildman–Crippen MR) is 53.8 cm³/mol. The van der Waals surface area contributed by atoms with Gasteiger partial charge in [0.2, 0.25) is 0 Å². The van der Waals surface area contributed by atoms with Gasteiger partial charge in [-0.05, 0) is 19.8 Å². The van der Waals surface area contributed by atoms with Crippen molar-refractivity contribution in [2.24, 2.45) is 0 Å². The molecule has 0 bridgehead atoms. The Bertz CT molecular complexity index is 229. The second kappa shape index (κ2) is 7.09. The summed E-state index contributed by atoms with van der Waals surface area (Å²) in [4.78, 5) is 0. The van der Waals surface area contributed by atoms with Gasteiger partial charge in [0, 0.05) is 0 Å². The van der Waals surface area contributed by atoms with Gasteiger partial charge in [0.25, 0.3) is 10.1 Å². The maximum absolute atomic E-state index is 11.0. The molecule has 3 nitrogen and oxygen atoms in total. The summed E-state index contributed by atoms with van der Waals surface area (Å²) in [6, 6.07) is 0. The molecule has 0 aliphatic rings. The van der Waals surface area contributed by atoms with Crippen LogP contribution in [0.2, 0.25) is 0 Å². The molecule has 0 rings (SSSR count). The second-order valence-corrected chi connectivity index (χ2v) is 4.26. The summed E-state index contributed by atoms with van der Waals surface area (Å²) in [6.45, 7) is 3.96. The van der Waals surface area contributed by atoms with Crippen molar-refractivity contribution < 1.29 is 12.6 Å². The minimum Gasteiger partial charge on any atom is -0.267 e. The van der Waals surface area contributed by atoms with Crippen LogP contribution in [0.15, 0.2) is 11.5 Å². The molecule has 0 aliphatic carbocycles. The summed E-state index contributed by atoms with van der Waals surface area (Å²) in [6.07, 6.45) is 5.78. The first-order valence-corrected chi connectivity index (χ1v) is 6.15. The zero-order valence-corrected chi connectivity index (χ0v) is 9.14. The third-order valence-electron chi connectivity index (χ3n) is 1.52. The Morgan fingerprint density at radius 1 is 1.23 bits per heavy atom. The highest BCUT2D eigenvalue weighted by Gasteiger charge is 2.01. The molecule has 4 heteroatoms. The van der Waals surface area contributed by atoms with E-state index in [4.69, 9.17) is 0 Å². The fraction of sp³-hybridized carbons (Fsp3) is 0.778. The predicted octanol–water partition coefficient (Wildman–Crippen LogP) is 2.45. The summed E-state index contributed by atoms with van der Waals surface area (Å²) in [5.74, 6) is 0. The van der Waals surface area contributed by atoms with Crippen molar-refractivity contribution in [3.63, 3.8) is 0 Å². The van der Waals surface area contributed by atoms with E-state index < -0.39 is 10.1 Å². The van der Waals surface area contributed by atoms with Gasteiger partial charge in [-0.2, -0.15) is 8.42 Å². The van der Waals surface area contributed by atoms with Crippen LogP contribution in [-0.4, -0.2) is 15.0 Å². The molecule has 0 N–H and O–H groups in total. The van der Waals surface area contributed by atoms with Crippen molar-refractivity contribution in [3.05, 3.63) is 11.5 Å². The summed E-state index contributed by atoms with van der Waals surface area (Å²) in [5, 5.41) is 1.14. The second-order valence-electron chi connectivity index (χ2n) is 2.77. The van der Waals surface area contributed by atoms with Crippen molar-refractivity contribution in [2.75, 3.05) is 6.61 Å². The van der Waals surface area contributed by atoms with E-state index in [-0.39, 0.29) is 6.61 Å². The Hall–Kier alpha value is -0.350. The SMILES string of the molecule is CCCCC/C=C/S(=O)(=O)OCC. The number of unbranched alkanes of at least 4 members (excludes halogenated alkanes) is 3. The molecule has 78 valence electrons. The lowest BCUT2D eigenvalue weighted by molar-refractivity contribution is 0.344. The van der Waals surface area contributed by atoms with Gasteiger partial charge in [0.1, 0.15) is 0 Å². The summed E-state index contributed by atoms with van der Waals surface area (Å²) in [7, 11) is -3.40. The van der Waals surface area contributed by atoms with E-state index in [1.807, 2.05) is 0 Å². The fourth-order valence-electron chi connectivity index (χ4n) is 0.902. The van der Waals surface area contributed by atoms with Crippen LogP contribution in [0.5, 0.6) is 0 Å². The Kier molecular flexibility index (Phi) is 6.90. The van der Waals surface area contributed by atoms with E-state index in [9.17, 15) is 8.42 Å². The Morgan fingerprint density at radius 3 is 2.46 bits per heavy atom. The van der Waals surface area contributed by atoms with Crippen LogP contribution >= 0.6 is 0 Å². The van der Waals surface area contributed by atoms with E-state index in [2.05, 4.69) is 11.1 Å². The Balaban J connectivity index is 3.70. The smallest absolute Gasteiger partial charge is 0.267 e. The van der Waals surface area contributed by atoms with E-state index >= 15 is 0 Å². The van der Waals surface area contributed by atoms with E-state index in [0.717, 1.165) is 31.1 Å². The first-order chi connectivity index (χ1) is 6.12. The van der Waals surface area contributed by atoms with Crippen LogP contribution in [0.25, 0.3) is 0 Å². The van der Waals surface area contributed by atoms with Gasteiger partial charge in [-0.1, -0.05) is 25.8 Å². The largest absolute Gasteiger partial charge is 0.289 e. The number of hydrogen-bond donors (Lipinski definition) is 0. The number of allylic oxidation sites excluding steroid dienone is 1. The van der Waals surface area contributed by atoms with Gasteiger partial charge in [0.05, 0.1) is 12.0 Å². The molecule has 13 heavy (non-hydrogen) atoms. The van der Waals surface area contributed by atoms with Crippen molar-refractivity contribution in [1.29, 1.82) is 0 Å². The van der Waals surface area contributed by atoms with Crippen LogP contribution in [0.1, 0.15) is 39.5 Å². The van der Waals surface area contributed by atoms with Crippen molar-refractivity contribution in [2.45, 2.75) is 39.5 Å². The average Bonchev–Trinajstić information content (AvgIpc) is 2.04. The lowest BCUT2D eigenvalue weighted by Gasteiger charge is -1.96. The Morgan fingerprint density at radius 2 is 1.92 bits per heavy atom. The van der Waals surface area contributed by atoms with Gasteiger partial charge < -0.3 is 0 Å². The monoisotopic (exact) mass is 206 g/mol. The van der Waals surface area contributed by atoms with Crippen LogP contribution in [0.3, 0.4) is 0 Å². The van der Waals surface area contributed by atoms with Crippen LogP contribution < -0.4 is 0 Å². The molecular formula is C9H18O3S. The molecule has 0 saturated heterocycles. The van der Waals surface area contributed by atoms with Crippen LogP contribution in [0.4, 0.5) is 0 Å². The van der Waals surface area contributed by atoms with Gasteiger partial charge in [-0.15, -0.1) is 0 Å². The highest BCUT2D eigenvalue weighted by Crippen LogP contribution is 2.02. The molecule has 0 amide bonds. The molecule has 0 fully saturated rings. The van der Waals surface area contributed by atoms with E-state index in [0.29, 0.717) is 0 Å². The number of rotatable bonds is 7. The molecule has 0 atom stereocenters. The molecule has 0 saturated carbocycles. The lowest BCUT2D eigenvalue weighted by atomic mass is 10.2. The topological polar surface area (TPSA) is 43.4 Å².